The van der Waals surface area contributed by atoms with E-state index in [9.17, 15) is 24.3 Å². The van der Waals surface area contributed by atoms with Crippen LogP contribution in [0, 0.1) is 0 Å². The van der Waals surface area contributed by atoms with E-state index in [2.05, 4.69) is 23.8 Å². The van der Waals surface area contributed by atoms with Crippen LogP contribution in [0.5, 0.6) is 5.75 Å². The Bertz CT molecular complexity index is 1520. The standard InChI is InChI=1S/C34H37N5O5/c1-21(31(36)41)29(24-10-5-3-6-11-24)37-32(42)22(2)30(25-12-7-4-8-13-25)38-33(43)28-14-9-19-39(28)34(44)27(35)20-23-15-17-26(40)18-16-23/h3-8,10-13,15-18,27-30,40H,1-2,9,14,19-20,35H2,(H2,36,41)(H,37,42)(H,38,43)/t27-,28-,29+,30+/m0/s1. The van der Waals surface area contributed by atoms with Crippen LogP contribution >= 0.6 is 0 Å². The highest BCUT2D eigenvalue weighted by atomic mass is 16.3. The Labute approximate surface area is 256 Å². The van der Waals surface area contributed by atoms with Crippen LogP contribution in [0.4, 0.5) is 0 Å². The fraction of sp³-hybridized carbons (Fsp3) is 0.235. The van der Waals surface area contributed by atoms with Gasteiger partial charge >= 0.3 is 0 Å². The number of carbonyl (C=O) groups is 4. The van der Waals surface area contributed by atoms with E-state index < -0.39 is 41.9 Å². The maximum absolute atomic E-state index is 13.7. The lowest BCUT2D eigenvalue weighted by Gasteiger charge is -2.29. The van der Waals surface area contributed by atoms with Gasteiger partial charge in [0, 0.05) is 17.7 Å². The molecule has 10 nitrogen and oxygen atoms in total. The summed E-state index contributed by atoms with van der Waals surface area (Å²) in [4.78, 5) is 54.1. The van der Waals surface area contributed by atoms with Gasteiger partial charge in [0.25, 0.3) is 0 Å². The number of aromatic hydroxyl groups is 1. The molecule has 7 N–H and O–H groups in total. The summed E-state index contributed by atoms with van der Waals surface area (Å²) >= 11 is 0. The third-order valence-corrected chi connectivity index (χ3v) is 7.68. The summed E-state index contributed by atoms with van der Waals surface area (Å²) < 4.78 is 0. The van der Waals surface area contributed by atoms with Gasteiger partial charge in [0.15, 0.2) is 0 Å². The van der Waals surface area contributed by atoms with Gasteiger partial charge in [0.05, 0.1) is 18.1 Å². The summed E-state index contributed by atoms with van der Waals surface area (Å²) in [6, 6.07) is 20.6. The number of nitrogens with one attached hydrogen (secondary N) is 2. The van der Waals surface area contributed by atoms with Gasteiger partial charge in [0.1, 0.15) is 11.8 Å². The largest absolute Gasteiger partial charge is 0.508 e. The number of primary amides is 1. The molecule has 3 aromatic carbocycles. The molecule has 4 amide bonds. The fourth-order valence-corrected chi connectivity index (χ4v) is 5.26. The Balaban J connectivity index is 1.52. The highest BCUT2D eigenvalue weighted by molar-refractivity contribution is 5.99. The predicted molar refractivity (Wildman–Crippen MR) is 167 cm³/mol. The molecule has 0 radical (unpaired) electrons. The minimum atomic E-state index is -0.940. The minimum absolute atomic E-state index is 0.0126. The van der Waals surface area contributed by atoms with Gasteiger partial charge in [-0.3, -0.25) is 19.2 Å². The molecule has 1 fully saturated rings. The van der Waals surface area contributed by atoms with E-state index in [1.807, 2.05) is 0 Å². The number of benzene rings is 3. The average molecular weight is 596 g/mol. The molecule has 4 rings (SSSR count). The van der Waals surface area contributed by atoms with E-state index in [4.69, 9.17) is 11.5 Å². The molecule has 44 heavy (non-hydrogen) atoms. The smallest absolute Gasteiger partial charge is 0.249 e. The molecule has 1 heterocycles. The van der Waals surface area contributed by atoms with Gasteiger partial charge in [-0.15, -0.1) is 0 Å². The molecule has 0 unspecified atom stereocenters. The molecule has 1 saturated heterocycles. The molecule has 1 aliphatic heterocycles. The zero-order valence-corrected chi connectivity index (χ0v) is 24.3. The molecule has 0 saturated carbocycles. The van der Waals surface area contributed by atoms with Gasteiger partial charge < -0.3 is 32.1 Å². The molecular weight excluding hydrogens is 558 g/mol. The Kier molecular flexibility index (Phi) is 10.3. The van der Waals surface area contributed by atoms with Crippen LogP contribution in [-0.4, -0.2) is 52.3 Å². The first-order valence-electron chi connectivity index (χ1n) is 14.3. The first-order valence-corrected chi connectivity index (χ1v) is 14.3. The van der Waals surface area contributed by atoms with Crippen LogP contribution in [0.15, 0.2) is 109 Å². The lowest BCUT2D eigenvalue weighted by molar-refractivity contribution is -0.139. The van der Waals surface area contributed by atoms with E-state index in [0.29, 0.717) is 30.5 Å². The second-order valence-corrected chi connectivity index (χ2v) is 10.8. The summed E-state index contributed by atoms with van der Waals surface area (Å²) in [6.45, 7) is 8.14. The number of amides is 4. The second kappa shape index (κ2) is 14.3. The van der Waals surface area contributed by atoms with Gasteiger partial charge in [-0.2, -0.15) is 0 Å². The molecule has 0 aromatic heterocycles. The summed E-state index contributed by atoms with van der Waals surface area (Å²) in [6.07, 6.45) is 1.28. The van der Waals surface area contributed by atoms with E-state index in [1.54, 1.807) is 72.8 Å². The van der Waals surface area contributed by atoms with Gasteiger partial charge in [-0.1, -0.05) is 86.0 Å². The molecule has 4 atom stereocenters. The number of carbonyl (C=O) groups excluding carboxylic acids is 4. The molecule has 0 spiro atoms. The van der Waals surface area contributed by atoms with Crippen molar-refractivity contribution in [1.82, 2.24) is 15.5 Å². The van der Waals surface area contributed by atoms with E-state index in [1.165, 1.54) is 17.0 Å². The minimum Gasteiger partial charge on any atom is -0.508 e. The van der Waals surface area contributed by atoms with Crippen molar-refractivity contribution < 1.29 is 24.3 Å². The summed E-state index contributed by atoms with van der Waals surface area (Å²) in [5.41, 5.74) is 13.7. The Morgan fingerprint density at radius 2 is 1.39 bits per heavy atom. The zero-order valence-electron chi connectivity index (χ0n) is 24.3. The molecule has 1 aliphatic rings. The monoisotopic (exact) mass is 595 g/mol. The van der Waals surface area contributed by atoms with Crippen LogP contribution < -0.4 is 22.1 Å². The van der Waals surface area contributed by atoms with Crippen molar-refractivity contribution in [2.75, 3.05) is 6.54 Å². The van der Waals surface area contributed by atoms with Crippen molar-refractivity contribution in [2.24, 2.45) is 11.5 Å². The number of likely N-dealkylation sites (tertiary alicyclic amines) is 1. The molecule has 3 aromatic rings. The van der Waals surface area contributed by atoms with E-state index >= 15 is 0 Å². The maximum atomic E-state index is 13.7. The van der Waals surface area contributed by atoms with Crippen molar-refractivity contribution in [2.45, 2.75) is 43.4 Å². The molecular formula is C34H37N5O5. The number of nitrogens with zero attached hydrogens (tertiary/aromatic N) is 1. The topological polar surface area (TPSA) is 168 Å². The van der Waals surface area contributed by atoms with Gasteiger partial charge in [-0.05, 0) is 48.1 Å². The summed E-state index contributed by atoms with van der Waals surface area (Å²) in [5, 5.41) is 15.2. The normalized spacial score (nSPS) is 16.3. The Hall–Kier alpha value is -5.22. The third kappa shape index (κ3) is 7.59. The quantitative estimate of drug-likeness (QED) is 0.202. The first-order chi connectivity index (χ1) is 21.1. The summed E-state index contributed by atoms with van der Waals surface area (Å²) in [5.74, 6) is -2.09. The molecule has 228 valence electrons. The number of phenolic OH excluding ortho intramolecular Hbond substituents is 1. The lowest BCUT2D eigenvalue weighted by Crippen LogP contribution is -2.52. The zero-order chi connectivity index (χ0) is 31.8. The van der Waals surface area contributed by atoms with Crippen LogP contribution in [0.1, 0.15) is 41.6 Å². The van der Waals surface area contributed by atoms with Gasteiger partial charge in [0.2, 0.25) is 23.6 Å². The maximum Gasteiger partial charge on any atom is 0.249 e. The Morgan fingerprint density at radius 3 is 1.93 bits per heavy atom. The Morgan fingerprint density at radius 1 is 0.841 bits per heavy atom. The predicted octanol–water partition coefficient (Wildman–Crippen LogP) is 2.57. The number of phenols is 1. The number of rotatable bonds is 12. The van der Waals surface area contributed by atoms with E-state index in [-0.39, 0.29) is 29.2 Å². The van der Waals surface area contributed by atoms with Crippen LogP contribution in [-0.2, 0) is 25.6 Å². The number of hydrogen-bond acceptors (Lipinski definition) is 6. The van der Waals surface area contributed by atoms with Crippen molar-refractivity contribution in [3.63, 3.8) is 0 Å². The van der Waals surface area contributed by atoms with Crippen LogP contribution in [0.25, 0.3) is 0 Å². The number of nitrogens with two attached hydrogens (primary N) is 2. The SMILES string of the molecule is C=C(C(N)=O)[C@@H](NC(=O)C(=C)[C@@H](NC(=O)[C@@H]1CCCN1C(=O)[C@@H](N)Cc1ccc(O)cc1)c1ccccc1)c1ccccc1. The van der Waals surface area contributed by atoms with Crippen molar-refractivity contribution >= 4 is 23.6 Å². The van der Waals surface area contributed by atoms with Crippen molar-refractivity contribution in [1.29, 1.82) is 0 Å². The highest BCUT2D eigenvalue weighted by Crippen LogP contribution is 2.27. The van der Waals surface area contributed by atoms with Crippen molar-refractivity contribution in [3.8, 4) is 5.75 Å². The van der Waals surface area contributed by atoms with Gasteiger partial charge in [-0.25, -0.2) is 0 Å². The number of hydrogen-bond donors (Lipinski definition) is 5. The summed E-state index contributed by atoms with van der Waals surface area (Å²) in [7, 11) is 0. The second-order valence-electron chi connectivity index (χ2n) is 10.8. The lowest BCUT2D eigenvalue weighted by atomic mass is 9.95. The van der Waals surface area contributed by atoms with Crippen LogP contribution in [0.3, 0.4) is 0 Å². The van der Waals surface area contributed by atoms with E-state index in [0.717, 1.165) is 5.56 Å². The average Bonchev–Trinajstić information content (AvgIpc) is 3.53. The first kappa shape index (κ1) is 31.7. The highest BCUT2D eigenvalue weighted by Gasteiger charge is 2.38. The third-order valence-electron chi connectivity index (χ3n) is 7.68. The van der Waals surface area contributed by atoms with Crippen LogP contribution in [0.2, 0.25) is 0 Å². The fourth-order valence-electron chi connectivity index (χ4n) is 5.26. The molecule has 10 heteroatoms. The van der Waals surface area contributed by atoms with Crippen molar-refractivity contribution in [3.05, 3.63) is 126 Å². The molecule has 0 aliphatic carbocycles. The molecule has 0 bridgehead atoms.